The third-order valence-corrected chi connectivity index (χ3v) is 3.00. The van der Waals surface area contributed by atoms with Crippen molar-refractivity contribution in [1.82, 2.24) is 0 Å². The van der Waals surface area contributed by atoms with Gasteiger partial charge in [-0.25, -0.2) is 0 Å². The molecule has 100 valence electrons. The van der Waals surface area contributed by atoms with E-state index in [4.69, 9.17) is 16.6 Å². The number of anilines is 3. The molecule has 2 rings (SSSR count). The van der Waals surface area contributed by atoms with Crippen LogP contribution in [0.15, 0.2) is 42.5 Å². The number of nitrogen functional groups attached to an aromatic ring is 2. The second-order valence-electron chi connectivity index (χ2n) is 4.48. The number of rotatable bonds is 5. The molecule has 2 aromatic carbocycles. The summed E-state index contributed by atoms with van der Waals surface area (Å²) in [6, 6.07) is 13.5. The van der Waals surface area contributed by atoms with Crippen LogP contribution >= 0.6 is 0 Å². The molecule has 4 nitrogen and oxygen atoms in total. The molecule has 0 radical (unpaired) electrons. The third-order valence-electron chi connectivity index (χ3n) is 3.00. The molecule has 0 aliphatic rings. The first-order chi connectivity index (χ1) is 9.19. The fraction of sp³-hybridized carbons (Fsp3) is 0.200. The fourth-order valence-corrected chi connectivity index (χ4v) is 1.89. The lowest BCUT2D eigenvalue weighted by atomic mass is 10.1. The summed E-state index contributed by atoms with van der Waals surface area (Å²) >= 11 is 0. The van der Waals surface area contributed by atoms with Gasteiger partial charge in [0.25, 0.3) is 0 Å². The molecule has 4 heteroatoms. The molecular weight excluding hydrogens is 238 g/mol. The molecule has 0 fully saturated rings. The van der Waals surface area contributed by atoms with Gasteiger partial charge in [0.15, 0.2) is 0 Å². The van der Waals surface area contributed by atoms with Gasteiger partial charge in [0, 0.05) is 30.2 Å². The van der Waals surface area contributed by atoms with Gasteiger partial charge in [-0.05, 0) is 47.9 Å². The van der Waals surface area contributed by atoms with E-state index in [2.05, 4.69) is 5.32 Å². The minimum Gasteiger partial charge on any atom is -0.399 e. The standard InChI is InChI=1S/C15H19N3O/c16-13-3-1-11(2-4-13)10-18-14-5-6-15(17)12(9-14)7-8-19/h1-6,9,18-19H,7-8,10,16-17H2. The van der Waals surface area contributed by atoms with Gasteiger partial charge >= 0.3 is 0 Å². The number of hydrogen-bond acceptors (Lipinski definition) is 4. The zero-order chi connectivity index (χ0) is 13.7. The highest BCUT2D eigenvalue weighted by atomic mass is 16.2. The summed E-state index contributed by atoms with van der Waals surface area (Å²) in [5.41, 5.74) is 16.1. The van der Waals surface area contributed by atoms with Crippen LogP contribution in [0.3, 0.4) is 0 Å². The van der Waals surface area contributed by atoms with Crippen LogP contribution in [0.1, 0.15) is 11.1 Å². The molecule has 0 unspecified atom stereocenters. The summed E-state index contributed by atoms with van der Waals surface area (Å²) in [6.07, 6.45) is 0.573. The van der Waals surface area contributed by atoms with E-state index >= 15 is 0 Å². The number of aliphatic hydroxyl groups is 1. The van der Waals surface area contributed by atoms with Gasteiger partial charge in [-0.2, -0.15) is 0 Å². The van der Waals surface area contributed by atoms with E-state index in [-0.39, 0.29) is 6.61 Å². The van der Waals surface area contributed by atoms with Crippen LogP contribution in [0.25, 0.3) is 0 Å². The first-order valence-electron chi connectivity index (χ1n) is 6.26. The number of hydrogen-bond donors (Lipinski definition) is 4. The Bertz CT molecular complexity index is 538. The van der Waals surface area contributed by atoms with Crippen molar-refractivity contribution < 1.29 is 5.11 Å². The molecule has 6 N–H and O–H groups in total. The Labute approximate surface area is 113 Å². The molecule has 0 saturated carbocycles. The minimum absolute atomic E-state index is 0.103. The van der Waals surface area contributed by atoms with E-state index in [1.165, 1.54) is 0 Å². The highest BCUT2D eigenvalue weighted by Crippen LogP contribution is 2.19. The molecule has 19 heavy (non-hydrogen) atoms. The van der Waals surface area contributed by atoms with Crippen molar-refractivity contribution in [1.29, 1.82) is 0 Å². The zero-order valence-corrected chi connectivity index (χ0v) is 10.8. The van der Waals surface area contributed by atoms with Gasteiger partial charge in [-0.3, -0.25) is 0 Å². The van der Waals surface area contributed by atoms with Crippen molar-refractivity contribution in [3.63, 3.8) is 0 Å². The molecule has 0 spiro atoms. The number of nitrogens with one attached hydrogen (secondary N) is 1. The van der Waals surface area contributed by atoms with Gasteiger partial charge < -0.3 is 21.9 Å². The summed E-state index contributed by atoms with van der Waals surface area (Å²) in [6.45, 7) is 0.828. The molecule has 0 amide bonds. The van der Waals surface area contributed by atoms with Gasteiger partial charge in [-0.1, -0.05) is 12.1 Å². The monoisotopic (exact) mass is 257 g/mol. The van der Waals surface area contributed by atoms with E-state index in [0.29, 0.717) is 12.1 Å². The van der Waals surface area contributed by atoms with Crippen LogP contribution in [-0.2, 0) is 13.0 Å². The van der Waals surface area contributed by atoms with Gasteiger partial charge in [0.05, 0.1) is 0 Å². The molecule has 0 saturated heterocycles. The summed E-state index contributed by atoms with van der Waals surface area (Å²) in [5, 5.41) is 12.3. The average molecular weight is 257 g/mol. The largest absolute Gasteiger partial charge is 0.399 e. The summed E-state index contributed by atoms with van der Waals surface area (Å²) in [4.78, 5) is 0. The molecular formula is C15H19N3O. The quantitative estimate of drug-likeness (QED) is 0.617. The van der Waals surface area contributed by atoms with E-state index in [0.717, 1.165) is 29.0 Å². The van der Waals surface area contributed by atoms with Crippen LogP contribution < -0.4 is 16.8 Å². The highest BCUT2D eigenvalue weighted by Gasteiger charge is 2.01. The van der Waals surface area contributed by atoms with Gasteiger partial charge in [0.2, 0.25) is 0 Å². The fourth-order valence-electron chi connectivity index (χ4n) is 1.89. The van der Waals surface area contributed by atoms with Crippen LogP contribution in [-0.4, -0.2) is 11.7 Å². The highest BCUT2D eigenvalue weighted by molar-refractivity contribution is 5.57. The van der Waals surface area contributed by atoms with Crippen LogP contribution in [0.4, 0.5) is 17.1 Å². The van der Waals surface area contributed by atoms with Crippen molar-refractivity contribution in [2.75, 3.05) is 23.4 Å². The molecule has 0 aliphatic carbocycles. The Morgan fingerprint density at radius 2 is 1.74 bits per heavy atom. The summed E-state index contributed by atoms with van der Waals surface area (Å²) in [7, 11) is 0. The number of aliphatic hydroxyl groups excluding tert-OH is 1. The van der Waals surface area contributed by atoms with Crippen molar-refractivity contribution in [2.24, 2.45) is 0 Å². The van der Waals surface area contributed by atoms with Crippen LogP contribution in [0.5, 0.6) is 0 Å². The Hall–Kier alpha value is -2.20. The van der Waals surface area contributed by atoms with Crippen LogP contribution in [0.2, 0.25) is 0 Å². The Morgan fingerprint density at radius 1 is 1.00 bits per heavy atom. The lowest BCUT2D eigenvalue weighted by Crippen LogP contribution is -2.03. The van der Waals surface area contributed by atoms with E-state index in [1.807, 2.05) is 42.5 Å². The molecule has 0 bridgehead atoms. The molecule has 0 heterocycles. The lowest BCUT2D eigenvalue weighted by molar-refractivity contribution is 0.300. The molecule has 0 atom stereocenters. The average Bonchev–Trinajstić information content (AvgIpc) is 2.42. The zero-order valence-electron chi connectivity index (χ0n) is 10.8. The normalized spacial score (nSPS) is 10.4. The molecule has 0 aliphatic heterocycles. The van der Waals surface area contributed by atoms with Crippen molar-refractivity contribution >= 4 is 17.1 Å². The maximum absolute atomic E-state index is 8.98. The smallest absolute Gasteiger partial charge is 0.0472 e. The van der Waals surface area contributed by atoms with Gasteiger partial charge in [-0.15, -0.1) is 0 Å². The number of benzene rings is 2. The maximum atomic E-state index is 8.98. The first kappa shape index (κ1) is 13.2. The summed E-state index contributed by atoms with van der Waals surface area (Å²) < 4.78 is 0. The van der Waals surface area contributed by atoms with E-state index in [1.54, 1.807) is 0 Å². The SMILES string of the molecule is Nc1ccc(CNc2ccc(N)c(CCO)c2)cc1. The Morgan fingerprint density at radius 3 is 2.42 bits per heavy atom. The second-order valence-corrected chi connectivity index (χ2v) is 4.48. The Kier molecular flexibility index (Phi) is 4.26. The van der Waals surface area contributed by atoms with Gasteiger partial charge in [0.1, 0.15) is 0 Å². The molecule has 0 aromatic heterocycles. The summed E-state index contributed by atoms with van der Waals surface area (Å²) in [5.74, 6) is 0. The van der Waals surface area contributed by atoms with E-state index in [9.17, 15) is 0 Å². The Balaban J connectivity index is 2.03. The third kappa shape index (κ3) is 3.63. The van der Waals surface area contributed by atoms with Crippen LogP contribution in [0, 0.1) is 0 Å². The number of nitrogens with two attached hydrogens (primary N) is 2. The van der Waals surface area contributed by atoms with Crippen molar-refractivity contribution in [3.8, 4) is 0 Å². The van der Waals surface area contributed by atoms with Crippen molar-refractivity contribution in [2.45, 2.75) is 13.0 Å². The van der Waals surface area contributed by atoms with Crippen molar-refractivity contribution in [3.05, 3.63) is 53.6 Å². The second kappa shape index (κ2) is 6.11. The molecule has 2 aromatic rings. The predicted molar refractivity (Wildman–Crippen MR) is 79.8 cm³/mol. The lowest BCUT2D eigenvalue weighted by Gasteiger charge is -2.10. The van der Waals surface area contributed by atoms with E-state index < -0.39 is 0 Å². The first-order valence-corrected chi connectivity index (χ1v) is 6.26. The minimum atomic E-state index is 0.103. The topological polar surface area (TPSA) is 84.3 Å². The maximum Gasteiger partial charge on any atom is 0.0472 e. The predicted octanol–water partition coefficient (Wildman–Crippen LogP) is 2.00.